The molecule has 194 valence electrons. The number of aliphatic hydroxyl groups is 1. The third-order valence-corrected chi connectivity index (χ3v) is 7.55. The van der Waals surface area contributed by atoms with Crippen LogP contribution in [0.15, 0.2) is 81.6 Å². The molecule has 3 aromatic rings. The quantitative estimate of drug-likeness (QED) is 0.173. The fraction of sp³-hybridized carbons (Fsp3) is 0.304. The molecule has 37 heavy (non-hydrogen) atoms. The zero-order valence-electron chi connectivity index (χ0n) is 19.6. The molecule has 1 aromatic heterocycles. The molecule has 0 amide bonds. The van der Waals surface area contributed by atoms with Crippen molar-refractivity contribution in [1.29, 1.82) is 0 Å². The maximum Gasteiger partial charge on any atom is 0.412 e. The Hall–Kier alpha value is -3.86. The van der Waals surface area contributed by atoms with E-state index in [4.69, 9.17) is 24.1 Å². The SMILES string of the molecule is COc1ccc(C(O)P(=O)(OC[C@H]2O[C@@H](n3ccc(=O)[nH]c3=O)C[C@@H]2N=[N+]=[N-])Oc2ccccc2)cc1. The van der Waals surface area contributed by atoms with Crippen LogP contribution in [0.3, 0.4) is 0 Å². The highest BCUT2D eigenvalue weighted by atomic mass is 31.2. The number of benzene rings is 2. The molecule has 2 unspecified atom stereocenters. The van der Waals surface area contributed by atoms with Gasteiger partial charge in [0.2, 0.25) is 0 Å². The van der Waals surface area contributed by atoms with Gasteiger partial charge >= 0.3 is 13.3 Å². The Morgan fingerprint density at radius 2 is 1.92 bits per heavy atom. The first-order valence-electron chi connectivity index (χ1n) is 11.1. The second-order valence-corrected chi connectivity index (χ2v) is 10.1. The Morgan fingerprint density at radius 3 is 2.57 bits per heavy atom. The van der Waals surface area contributed by atoms with Crippen LogP contribution in [0.25, 0.3) is 10.4 Å². The number of para-hydroxylation sites is 1. The number of aliphatic hydroxyl groups excluding tert-OH is 1. The lowest BCUT2D eigenvalue weighted by atomic mass is 10.1. The number of H-pyrrole nitrogens is 1. The second-order valence-electron chi connectivity index (χ2n) is 8.04. The number of hydrogen-bond donors (Lipinski definition) is 2. The van der Waals surface area contributed by atoms with E-state index in [1.54, 1.807) is 42.5 Å². The van der Waals surface area contributed by atoms with Crippen molar-refractivity contribution in [3.63, 3.8) is 0 Å². The van der Waals surface area contributed by atoms with Crippen molar-refractivity contribution in [1.82, 2.24) is 9.55 Å². The normalized spacial score (nSPS) is 21.4. The molecule has 0 radical (unpaired) electrons. The van der Waals surface area contributed by atoms with Crippen LogP contribution in [0.4, 0.5) is 0 Å². The van der Waals surface area contributed by atoms with E-state index in [9.17, 15) is 19.3 Å². The van der Waals surface area contributed by atoms with Gasteiger partial charge in [-0.3, -0.25) is 18.9 Å². The van der Waals surface area contributed by atoms with Crippen LogP contribution in [-0.2, 0) is 13.8 Å². The first-order chi connectivity index (χ1) is 17.8. The molecule has 1 saturated heterocycles. The van der Waals surface area contributed by atoms with Crippen LogP contribution in [-0.4, -0.2) is 40.5 Å². The molecule has 2 aromatic carbocycles. The number of nitrogens with one attached hydrogen (secondary N) is 1. The number of rotatable bonds is 10. The molecule has 4 rings (SSSR count). The molecule has 0 spiro atoms. The highest BCUT2D eigenvalue weighted by molar-refractivity contribution is 7.54. The van der Waals surface area contributed by atoms with Crippen molar-refractivity contribution < 1.29 is 28.2 Å². The van der Waals surface area contributed by atoms with Gasteiger partial charge in [0.1, 0.15) is 17.7 Å². The van der Waals surface area contributed by atoms with Gasteiger partial charge in [0, 0.05) is 23.6 Å². The lowest BCUT2D eigenvalue weighted by Gasteiger charge is -2.26. The minimum Gasteiger partial charge on any atom is -0.497 e. The molecular weight excluding hydrogens is 505 g/mol. The highest BCUT2D eigenvalue weighted by Gasteiger charge is 2.42. The minimum atomic E-state index is -4.30. The zero-order valence-corrected chi connectivity index (χ0v) is 20.5. The summed E-state index contributed by atoms with van der Waals surface area (Å²) < 4.78 is 37.4. The third kappa shape index (κ3) is 6.11. The summed E-state index contributed by atoms with van der Waals surface area (Å²) in [5.41, 5.74) is 8.00. The maximum absolute atomic E-state index is 13.9. The van der Waals surface area contributed by atoms with Crippen LogP contribution < -0.4 is 20.5 Å². The fourth-order valence-electron chi connectivity index (χ4n) is 3.79. The van der Waals surface area contributed by atoms with Crippen LogP contribution in [0, 0.1) is 0 Å². The smallest absolute Gasteiger partial charge is 0.412 e. The highest BCUT2D eigenvalue weighted by Crippen LogP contribution is 2.59. The van der Waals surface area contributed by atoms with Gasteiger partial charge < -0.3 is 19.1 Å². The summed E-state index contributed by atoms with van der Waals surface area (Å²) in [6.45, 7) is -0.393. The summed E-state index contributed by atoms with van der Waals surface area (Å²) in [6.07, 6.45) is -0.460. The van der Waals surface area contributed by atoms with Gasteiger partial charge in [-0.1, -0.05) is 35.4 Å². The third-order valence-electron chi connectivity index (χ3n) is 5.67. The Kier molecular flexibility index (Phi) is 8.12. The van der Waals surface area contributed by atoms with E-state index < -0.39 is 49.7 Å². The van der Waals surface area contributed by atoms with E-state index in [0.717, 1.165) is 10.6 Å². The topological polar surface area (TPSA) is 178 Å². The molecule has 0 saturated carbocycles. The summed E-state index contributed by atoms with van der Waals surface area (Å²) in [5, 5.41) is 14.8. The Bertz CT molecular complexity index is 1420. The lowest BCUT2D eigenvalue weighted by molar-refractivity contribution is -0.0251. The Balaban J connectivity index is 1.58. The van der Waals surface area contributed by atoms with Crippen molar-refractivity contribution in [2.45, 2.75) is 30.6 Å². The Morgan fingerprint density at radius 1 is 1.19 bits per heavy atom. The van der Waals surface area contributed by atoms with Gasteiger partial charge in [0.05, 0.1) is 25.9 Å². The maximum atomic E-state index is 13.9. The molecule has 13 nitrogen and oxygen atoms in total. The lowest BCUT2D eigenvalue weighted by Crippen LogP contribution is -2.31. The number of ether oxygens (including phenoxy) is 2. The summed E-state index contributed by atoms with van der Waals surface area (Å²) in [7, 11) is -2.81. The molecule has 2 N–H and O–H groups in total. The number of hydrogen-bond acceptors (Lipinski definition) is 9. The zero-order chi connectivity index (χ0) is 26.4. The van der Waals surface area contributed by atoms with Crippen molar-refractivity contribution in [3.8, 4) is 11.5 Å². The number of methoxy groups -OCH3 is 1. The summed E-state index contributed by atoms with van der Waals surface area (Å²) >= 11 is 0. The summed E-state index contributed by atoms with van der Waals surface area (Å²) in [4.78, 5) is 28.6. The van der Waals surface area contributed by atoms with Gasteiger partial charge in [0.15, 0.2) is 5.85 Å². The van der Waals surface area contributed by atoms with Crippen LogP contribution in [0.1, 0.15) is 24.1 Å². The minimum absolute atomic E-state index is 0.0922. The van der Waals surface area contributed by atoms with Gasteiger partial charge in [0.25, 0.3) is 5.56 Å². The first-order valence-corrected chi connectivity index (χ1v) is 12.8. The van der Waals surface area contributed by atoms with Crippen molar-refractivity contribution in [2.24, 2.45) is 5.11 Å². The summed E-state index contributed by atoms with van der Waals surface area (Å²) in [6, 6.07) is 14.8. The van der Waals surface area contributed by atoms with Crippen molar-refractivity contribution in [2.75, 3.05) is 13.7 Å². The number of nitrogens with zero attached hydrogens (tertiary/aromatic N) is 4. The van der Waals surface area contributed by atoms with Crippen LogP contribution in [0.5, 0.6) is 11.5 Å². The van der Waals surface area contributed by atoms with E-state index in [-0.39, 0.29) is 17.7 Å². The summed E-state index contributed by atoms with van der Waals surface area (Å²) in [5.74, 6) is -0.929. The van der Waals surface area contributed by atoms with Gasteiger partial charge in [-0.25, -0.2) is 9.36 Å². The number of aromatic nitrogens is 2. The van der Waals surface area contributed by atoms with Crippen LogP contribution in [0.2, 0.25) is 0 Å². The monoisotopic (exact) mass is 529 g/mol. The Labute approximate surface area is 210 Å². The van der Waals surface area contributed by atoms with E-state index in [1.807, 2.05) is 0 Å². The van der Waals surface area contributed by atoms with Gasteiger partial charge in [-0.05, 0) is 35.4 Å². The van der Waals surface area contributed by atoms with E-state index in [2.05, 4.69) is 15.0 Å². The molecule has 0 bridgehead atoms. The second kappa shape index (κ2) is 11.5. The fourth-order valence-corrected chi connectivity index (χ4v) is 5.39. The number of aromatic amines is 1. The molecule has 2 heterocycles. The molecule has 1 fully saturated rings. The van der Waals surface area contributed by atoms with Crippen molar-refractivity contribution >= 4 is 7.60 Å². The molecule has 5 atom stereocenters. The number of azide groups is 1. The van der Waals surface area contributed by atoms with Crippen LogP contribution >= 0.6 is 7.60 Å². The molecule has 1 aliphatic rings. The van der Waals surface area contributed by atoms with Gasteiger partial charge in [-0.2, -0.15) is 0 Å². The molecular formula is C23H24N5O8P. The average Bonchev–Trinajstić information content (AvgIpc) is 3.30. The predicted molar refractivity (Wildman–Crippen MR) is 131 cm³/mol. The molecule has 0 aliphatic carbocycles. The van der Waals surface area contributed by atoms with E-state index in [1.165, 1.54) is 25.4 Å². The van der Waals surface area contributed by atoms with Gasteiger partial charge in [-0.15, -0.1) is 0 Å². The average molecular weight is 529 g/mol. The standard InChI is InChI=1S/C23H24N5O8P/c1-33-16-9-7-15(8-10-16)22(30)37(32,36-17-5-3-2-4-6-17)34-14-19-18(26-27-24)13-21(35-19)28-12-11-20(29)25-23(28)31/h2-12,18-19,21-22,30H,13-14H2,1H3,(H,25,29,31)/t18-,19+,21+,22?,37?/m0/s1. The first kappa shape index (κ1) is 26.2. The molecule has 14 heteroatoms. The molecule has 1 aliphatic heterocycles. The largest absolute Gasteiger partial charge is 0.497 e. The predicted octanol–water partition coefficient (Wildman–Crippen LogP) is 3.49. The van der Waals surface area contributed by atoms with E-state index >= 15 is 0 Å². The van der Waals surface area contributed by atoms with Crippen molar-refractivity contribution in [3.05, 3.63) is 104 Å². The van der Waals surface area contributed by atoms with E-state index in [0.29, 0.717) is 5.75 Å².